The van der Waals surface area contributed by atoms with Crippen LogP contribution in [-0.2, 0) is 11.2 Å². The fourth-order valence-corrected chi connectivity index (χ4v) is 3.35. The summed E-state index contributed by atoms with van der Waals surface area (Å²) in [6.07, 6.45) is 1.70. The maximum atomic E-state index is 11.6. The van der Waals surface area contributed by atoms with Crippen LogP contribution in [-0.4, -0.2) is 41.9 Å². The third-order valence-electron chi connectivity index (χ3n) is 3.38. The molecule has 1 amide bonds. The quantitative estimate of drug-likeness (QED) is 0.919. The molecule has 1 heterocycles. The third-order valence-corrected chi connectivity index (χ3v) is 4.73. The minimum absolute atomic E-state index is 0.140. The smallest absolute Gasteiger partial charge is 0.226 e. The Morgan fingerprint density at radius 2 is 2.05 bits per heavy atom. The Kier molecular flexibility index (Phi) is 4.75. The molecule has 2 rings (SSSR count). The first kappa shape index (κ1) is 14.3. The number of nitrogens with zero attached hydrogens (tertiary/aromatic N) is 1. The van der Waals surface area contributed by atoms with Gasteiger partial charge in [0.2, 0.25) is 5.91 Å². The number of benzene rings is 1. The summed E-state index contributed by atoms with van der Waals surface area (Å²) in [5.41, 5.74) is 2.22. The SMILES string of the molecule is CC1CC(Nc2ccc(CC(=O)N(C)C)cc2)CS1. The van der Waals surface area contributed by atoms with Gasteiger partial charge in [-0.05, 0) is 24.1 Å². The van der Waals surface area contributed by atoms with Gasteiger partial charge in [0.15, 0.2) is 0 Å². The Hall–Kier alpha value is -1.16. The summed E-state index contributed by atoms with van der Waals surface area (Å²) < 4.78 is 0. The van der Waals surface area contributed by atoms with Crippen LogP contribution in [0, 0.1) is 0 Å². The van der Waals surface area contributed by atoms with E-state index in [2.05, 4.69) is 24.4 Å². The minimum Gasteiger partial charge on any atom is -0.381 e. The maximum Gasteiger partial charge on any atom is 0.226 e. The Morgan fingerprint density at radius 3 is 2.58 bits per heavy atom. The topological polar surface area (TPSA) is 32.3 Å². The zero-order chi connectivity index (χ0) is 13.8. The van der Waals surface area contributed by atoms with Crippen LogP contribution in [0.3, 0.4) is 0 Å². The third kappa shape index (κ3) is 4.16. The fraction of sp³-hybridized carbons (Fsp3) is 0.533. The second kappa shape index (κ2) is 6.33. The lowest BCUT2D eigenvalue weighted by atomic mass is 10.1. The summed E-state index contributed by atoms with van der Waals surface area (Å²) in [6, 6.07) is 8.80. The Balaban J connectivity index is 1.89. The minimum atomic E-state index is 0.140. The van der Waals surface area contributed by atoms with Gasteiger partial charge in [-0.1, -0.05) is 19.1 Å². The number of hydrogen-bond donors (Lipinski definition) is 1. The first-order chi connectivity index (χ1) is 9.04. The van der Waals surface area contributed by atoms with Gasteiger partial charge in [0.25, 0.3) is 0 Å². The lowest BCUT2D eigenvalue weighted by Gasteiger charge is -2.14. The number of likely N-dealkylation sites (N-methyl/N-ethyl adjacent to an activating group) is 1. The van der Waals surface area contributed by atoms with E-state index in [1.165, 1.54) is 12.2 Å². The van der Waals surface area contributed by atoms with Crippen molar-refractivity contribution in [3.63, 3.8) is 0 Å². The van der Waals surface area contributed by atoms with E-state index < -0.39 is 0 Å². The Bertz CT molecular complexity index is 430. The van der Waals surface area contributed by atoms with Crippen LogP contribution in [0.2, 0.25) is 0 Å². The summed E-state index contributed by atoms with van der Waals surface area (Å²) in [4.78, 5) is 13.2. The van der Waals surface area contributed by atoms with Gasteiger partial charge in [-0.3, -0.25) is 4.79 Å². The zero-order valence-corrected chi connectivity index (χ0v) is 12.7. The van der Waals surface area contributed by atoms with Crippen molar-refractivity contribution in [3.05, 3.63) is 29.8 Å². The summed E-state index contributed by atoms with van der Waals surface area (Å²) in [7, 11) is 3.58. The highest BCUT2D eigenvalue weighted by Gasteiger charge is 2.21. The predicted octanol–water partition coefficient (Wildman–Crippen LogP) is 2.62. The van der Waals surface area contributed by atoms with Crippen molar-refractivity contribution in [2.75, 3.05) is 25.2 Å². The van der Waals surface area contributed by atoms with Crippen molar-refractivity contribution >= 4 is 23.4 Å². The van der Waals surface area contributed by atoms with Gasteiger partial charge in [0.1, 0.15) is 0 Å². The Morgan fingerprint density at radius 1 is 1.37 bits per heavy atom. The first-order valence-corrected chi connectivity index (χ1v) is 7.76. The highest BCUT2D eigenvalue weighted by Crippen LogP contribution is 2.28. The molecule has 104 valence electrons. The molecule has 1 aliphatic rings. The molecule has 0 radical (unpaired) electrons. The number of hydrogen-bond acceptors (Lipinski definition) is 3. The summed E-state index contributed by atoms with van der Waals surface area (Å²) in [5.74, 6) is 1.32. The molecular weight excluding hydrogens is 256 g/mol. The van der Waals surface area contributed by atoms with Crippen LogP contribution in [0.5, 0.6) is 0 Å². The molecule has 2 atom stereocenters. The van der Waals surface area contributed by atoms with Gasteiger partial charge in [-0.2, -0.15) is 11.8 Å². The maximum absolute atomic E-state index is 11.6. The highest BCUT2D eigenvalue weighted by molar-refractivity contribution is 8.00. The molecule has 0 spiro atoms. The van der Waals surface area contributed by atoms with E-state index in [4.69, 9.17) is 0 Å². The van der Waals surface area contributed by atoms with Crippen molar-refractivity contribution in [2.45, 2.75) is 31.1 Å². The van der Waals surface area contributed by atoms with Crippen LogP contribution in [0.15, 0.2) is 24.3 Å². The van der Waals surface area contributed by atoms with E-state index >= 15 is 0 Å². The molecular formula is C15H22N2OS. The number of thioether (sulfide) groups is 1. The summed E-state index contributed by atoms with van der Waals surface area (Å²) in [5, 5.41) is 4.32. The standard InChI is InChI=1S/C15H22N2OS/c1-11-8-14(10-19-11)16-13-6-4-12(5-7-13)9-15(18)17(2)3/h4-7,11,14,16H,8-10H2,1-3H3. The first-order valence-electron chi connectivity index (χ1n) is 6.72. The van der Waals surface area contributed by atoms with Gasteiger partial charge in [0, 0.05) is 36.8 Å². The molecule has 1 aromatic carbocycles. The van der Waals surface area contributed by atoms with Crippen molar-refractivity contribution < 1.29 is 4.79 Å². The zero-order valence-electron chi connectivity index (χ0n) is 11.8. The average molecular weight is 278 g/mol. The molecule has 2 unspecified atom stereocenters. The second-order valence-electron chi connectivity index (χ2n) is 5.38. The van der Waals surface area contributed by atoms with E-state index in [1.54, 1.807) is 19.0 Å². The van der Waals surface area contributed by atoms with E-state index in [9.17, 15) is 4.79 Å². The van der Waals surface area contributed by atoms with Crippen molar-refractivity contribution in [3.8, 4) is 0 Å². The lowest BCUT2D eigenvalue weighted by Crippen LogP contribution is -2.23. The monoisotopic (exact) mass is 278 g/mol. The van der Waals surface area contributed by atoms with Crippen LogP contribution >= 0.6 is 11.8 Å². The van der Waals surface area contributed by atoms with Crippen LogP contribution in [0.25, 0.3) is 0 Å². The number of carbonyl (C=O) groups is 1. The van der Waals surface area contributed by atoms with Crippen molar-refractivity contribution in [2.24, 2.45) is 0 Å². The van der Waals surface area contributed by atoms with E-state index in [0.717, 1.165) is 16.5 Å². The van der Waals surface area contributed by atoms with Crippen LogP contribution < -0.4 is 5.32 Å². The molecule has 0 aliphatic carbocycles. The van der Waals surface area contributed by atoms with E-state index in [0.29, 0.717) is 12.5 Å². The normalized spacial score (nSPS) is 22.3. The van der Waals surface area contributed by atoms with E-state index in [1.807, 2.05) is 23.9 Å². The molecule has 1 saturated heterocycles. The largest absolute Gasteiger partial charge is 0.381 e. The molecule has 1 aromatic rings. The number of rotatable bonds is 4. The van der Waals surface area contributed by atoms with Crippen molar-refractivity contribution in [1.29, 1.82) is 0 Å². The van der Waals surface area contributed by atoms with Gasteiger partial charge in [-0.15, -0.1) is 0 Å². The van der Waals surface area contributed by atoms with Crippen LogP contribution in [0.1, 0.15) is 18.9 Å². The molecule has 4 heteroatoms. The van der Waals surface area contributed by atoms with Gasteiger partial charge < -0.3 is 10.2 Å². The fourth-order valence-electron chi connectivity index (χ4n) is 2.21. The average Bonchev–Trinajstić information content (AvgIpc) is 2.77. The lowest BCUT2D eigenvalue weighted by molar-refractivity contribution is -0.127. The molecule has 1 aliphatic heterocycles. The number of nitrogens with one attached hydrogen (secondary N) is 1. The summed E-state index contributed by atoms with van der Waals surface area (Å²) in [6.45, 7) is 2.28. The molecule has 0 saturated carbocycles. The highest BCUT2D eigenvalue weighted by atomic mass is 32.2. The summed E-state index contributed by atoms with van der Waals surface area (Å²) >= 11 is 2.03. The molecule has 1 fully saturated rings. The van der Waals surface area contributed by atoms with E-state index in [-0.39, 0.29) is 5.91 Å². The van der Waals surface area contributed by atoms with Gasteiger partial charge in [0.05, 0.1) is 6.42 Å². The predicted molar refractivity (Wildman–Crippen MR) is 82.8 cm³/mol. The molecule has 19 heavy (non-hydrogen) atoms. The number of carbonyl (C=O) groups excluding carboxylic acids is 1. The number of amides is 1. The molecule has 3 nitrogen and oxygen atoms in total. The second-order valence-corrected chi connectivity index (χ2v) is 6.85. The van der Waals surface area contributed by atoms with Gasteiger partial charge in [-0.25, -0.2) is 0 Å². The van der Waals surface area contributed by atoms with Crippen molar-refractivity contribution in [1.82, 2.24) is 4.90 Å². The molecule has 0 bridgehead atoms. The molecule has 1 N–H and O–H groups in total. The van der Waals surface area contributed by atoms with Gasteiger partial charge >= 0.3 is 0 Å². The molecule has 0 aromatic heterocycles. The Labute approximate surface area is 119 Å². The number of anilines is 1. The van der Waals surface area contributed by atoms with Crippen LogP contribution in [0.4, 0.5) is 5.69 Å².